The molecule has 1 fully saturated rings. The Kier molecular flexibility index (Phi) is 6.73. The number of anilines is 2. The fourth-order valence-electron chi connectivity index (χ4n) is 4.36. The quantitative estimate of drug-likeness (QED) is 0.464. The van der Waals surface area contributed by atoms with Crippen LogP contribution in [0.15, 0.2) is 30.3 Å². The van der Waals surface area contributed by atoms with Gasteiger partial charge in [-0.05, 0) is 43.0 Å². The van der Waals surface area contributed by atoms with Gasteiger partial charge in [0, 0.05) is 49.1 Å². The van der Waals surface area contributed by atoms with Crippen molar-refractivity contribution >= 4 is 38.8 Å². The van der Waals surface area contributed by atoms with Crippen LogP contribution in [0.3, 0.4) is 0 Å². The largest absolute Gasteiger partial charge is 0.491 e. The average molecular weight is 470 g/mol. The summed E-state index contributed by atoms with van der Waals surface area (Å²) in [7, 11) is 1.00. The molecule has 0 radical (unpaired) electrons. The van der Waals surface area contributed by atoms with E-state index in [-0.39, 0.29) is 18.0 Å². The number of nitrogen functional groups attached to an aromatic ring is 1. The molecule has 0 bridgehead atoms. The smallest absolute Gasteiger partial charge is 0.263 e. The monoisotopic (exact) mass is 469 g/mol. The van der Waals surface area contributed by atoms with Crippen molar-refractivity contribution in [2.24, 2.45) is 11.7 Å². The molecule has 5 rings (SSSR count). The standard InChI is InChI=1S/C23H27N5O2S.CH4O/c1-12-9-28(10-18(12)24)16-5-4-14-7-15(11-30-19(14)8-16)27-22(29)21-20(25)17-6-3-13(2)26-23(17)31-21;1-2/h3-6,8,12,15,18H,7,9-11,24-25H2,1-2H3,(H,27,29);2H,1H3. The number of amides is 1. The Labute approximate surface area is 197 Å². The second-order valence-corrected chi connectivity index (χ2v) is 9.67. The van der Waals surface area contributed by atoms with Crippen LogP contribution in [0, 0.1) is 12.8 Å². The highest BCUT2D eigenvalue weighted by Crippen LogP contribution is 2.34. The summed E-state index contributed by atoms with van der Waals surface area (Å²) in [5, 5.41) is 10.9. The molecule has 6 N–H and O–H groups in total. The van der Waals surface area contributed by atoms with Gasteiger partial charge < -0.3 is 31.5 Å². The Balaban J connectivity index is 0.00000126. The molecule has 2 aromatic heterocycles. The first-order valence-corrected chi connectivity index (χ1v) is 11.9. The Hall–Kier alpha value is -2.88. The minimum absolute atomic E-state index is 0.106. The van der Waals surface area contributed by atoms with Crippen LogP contribution in [0.1, 0.15) is 27.9 Å². The van der Waals surface area contributed by atoms with Crippen LogP contribution in [0.4, 0.5) is 11.4 Å². The lowest BCUT2D eigenvalue weighted by molar-refractivity contribution is 0.0920. The van der Waals surface area contributed by atoms with Crippen molar-refractivity contribution in [3.05, 3.63) is 46.5 Å². The zero-order chi connectivity index (χ0) is 23.7. The maximum atomic E-state index is 12.9. The highest BCUT2D eigenvalue weighted by molar-refractivity contribution is 7.21. The fourth-order valence-corrected chi connectivity index (χ4v) is 5.40. The van der Waals surface area contributed by atoms with Crippen molar-refractivity contribution in [3.63, 3.8) is 0 Å². The minimum Gasteiger partial charge on any atom is -0.491 e. The summed E-state index contributed by atoms with van der Waals surface area (Å²) in [6.45, 7) is 6.37. The summed E-state index contributed by atoms with van der Waals surface area (Å²) in [5.41, 5.74) is 16.0. The molecule has 176 valence electrons. The highest BCUT2D eigenvalue weighted by atomic mass is 32.1. The second-order valence-electron chi connectivity index (χ2n) is 8.67. The molecule has 9 heteroatoms. The first kappa shape index (κ1) is 23.3. The van der Waals surface area contributed by atoms with E-state index in [9.17, 15) is 4.79 Å². The maximum absolute atomic E-state index is 12.9. The molecule has 0 spiro atoms. The predicted octanol–water partition coefficient (Wildman–Crippen LogP) is 2.31. The van der Waals surface area contributed by atoms with Gasteiger partial charge in [-0.25, -0.2) is 4.98 Å². The molecular formula is C24H31N5O3S. The number of rotatable bonds is 3. The van der Waals surface area contributed by atoms with Gasteiger partial charge in [0.1, 0.15) is 22.1 Å². The molecule has 3 atom stereocenters. The molecule has 8 nitrogen and oxygen atoms in total. The van der Waals surface area contributed by atoms with Gasteiger partial charge in [0.05, 0.1) is 11.7 Å². The normalized spacial score (nSPS) is 21.7. The van der Waals surface area contributed by atoms with E-state index < -0.39 is 0 Å². The molecule has 0 saturated carbocycles. The highest BCUT2D eigenvalue weighted by Gasteiger charge is 2.29. The number of hydrogen-bond donors (Lipinski definition) is 4. The van der Waals surface area contributed by atoms with Crippen LogP contribution in [-0.4, -0.2) is 54.9 Å². The maximum Gasteiger partial charge on any atom is 0.263 e. The summed E-state index contributed by atoms with van der Waals surface area (Å²) in [6, 6.07) is 10.2. The number of benzene rings is 1. The lowest BCUT2D eigenvalue weighted by atomic mass is 10.0. The van der Waals surface area contributed by atoms with Gasteiger partial charge in [0.25, 0.3) is 5.91 Å². The number of aromatic nitrogens is 1. The number of nitrogens with two attached hydrogens (primary N) is 2. The van der Waals surface area contributed by atoms with Crippen molar-refractivity contribution in [2.45, 2.75) is 32.4 Å². The number of carbonyl (C=O) groups is 1. The number of carbonyl (C=O) groups excluding carboxylic acids is 1. The zero-order valence-electron chi connectivity index (χ0n) is 19.2. The Morgan fingerprint density at radius 1 is 1.27 bits per heavy atom. The Morgan fingerprint density at radius 3 is 2.79 bits per heavy atom. The van der Waals surface area contributed by atoms with Crippen molar-refractivity contribution in [1.29, 1.82) is 0 Å². The summed E-state index contributed by atoms with van der Waals surface area (Å²) in [6.07, 6.45) is 0.722. The van der Waals surface area contributed by atoms with Crippen molar-refractivity contribution < 1.29 is 14.6 Å². The van der Waals surface area contributed by atoms with Crippen molar-refractivity contribution in [3.8, 4) is 5.75 Å². The first-order chi connectivity index (χ1) is 15.9. The van der Waals surface area contributed by atoms with Gasteiger partial charge in [-0.3, -0.25) is 4.79 Å². The number of ether oxygens (including phenoxy) is 1. The molecule has 1 aromatic carbocycles. The number of aryl methyl sites for hydroxylation is 1. The topological polar surface area (TPSA) is 127 Å². The molecule has 0 aliphatic carbocycles. The number of aliphatic hydroxyl groups is 1. The van der Waals surface area contributed by atoms with E-state index in [4.69, 9.17) is 21.3 Å². The molecule has 4 heterocycles. The van der Waals surface area contributed by atoms with Crippen LogP contribution < -0.4 is 26.4 Å². The molecule has 1 saturated heterocycles. The number of thiophene rings is 1. The fraction of sp³-hybridized carbons (Fsp3) is 0.417. The summed E-state index contributed by atoms with van der Waals surface area (Å²) in [4.78, 5) is 21.0. The van der Waals surface area contributed by atoms with E-state index in [0.29, 0.717) is 23.1 Å². The van der Waals surface area contributed by atoms with Crippen molar-refractivity contribution in [1.82, 2.24) is 10.3 Å². The molecule has 3 aromatic rings. The number of nitrogens with zero attached hydrogens (tertiary/aromatic N) is 2. The number of hydrogen-bond acceptors (Lipinski definition) is 8. The zero-order valence-corrected chi connectivity index (χ0v) is 20.0. The van der Waals surface area contributed by atoms with E-state index in [1.165, 1.54) is 11.3 Å². The third-order valence-corrected chi connectivity index (χ3v) is 7.38. The van der Waals surface area contributed by atoms with E-state index in [2.05, 4.69) is 40.3 Å². The van der Waals surface area contributed by atoms with Crippen LogP contribution in [0.25, 0.3) is 10.2 Å². The second kappa shape index (κ2) is 9.54. The molecule has 33 heavy (non-hydrogen) atoms. The number of pyridine rings is 1. The first-order valence-electron chi connectivity index (χ1n) is 11.1. The molecule has 2 aliphatic heterocycles. The summed E-state index contributed by atoms with van der Waals surface area (Å²) >= 11 is 1.33. The van der Waals surface area contributed by atoms with Gasteiger partial charge in [0.2, 0.25) is 0 Å². The van der Waals surface area contributed by atoms with Gasteiger partial charge in [-0.15, -0.1) is 11.3 Å². The van der Waals surface area contributed by atoms with Crippen LogP contribution in [-0.2, 0) is 6.42 Å². The van der Waals surface area contributed by atoms with Crippen LogP contribution >= 0.6 is 11.3 Å². The summed E-state index contributed by atoms with van der Waals surface area (Å²) in [5.74, 6) is 1.20. The van der Waals surface area contributed by atoms with Gasteiger partial charge in [0.15, 0.2) is 0 Å². The molecule has 2 aliphatic rings. The Morgan fingerprint density at radius 2 is 2.06 bits per heavy atom. The lowest BCUT2D eigenvalue weighted by Gasteiger charge is -2.28. The van der Waals surface area contributed by atoms with Crippen molar-refractivity contribution in [2.75, 3.05) is 37.4 Å². The predicted molar refractivity (Wildman–Crippen MR) is 133 cm³/mol. The number of fused-ring (bicyclic) bond motifs is 2. The SMILES string of the molecule is CO.Cc1ccc2c(N)c(C(=O)NC3COc4cc(N5CC(C)C(N)C5)ccc4C3)sc2n1. The number of aliphatic hydroxyl groups excluding tert-OH is 1. The Bertz CT molecular complexity index is 1150. The molecule has 1 amide bonds. The van der Waals surface area contributed by atoms with E-state index in [0.717, 1.165) is 59.5 Å². The van der Waals surface area contributed by atoms with Crippen LogP contribution in [0.5, 0.6) is 5.75 Å². The van der Waals surface area contributed by atoms with Gasteiger partial charge in [-0.1, -0.05) is 13.0 Å². The molecular weight excluding hydrogens is 438 g/mol. The average Bonchev–Trinajstić information content (AvgIpc) is 3.33. The van der Waals surface area contributed by atoms with E-state index in [1.807, 2.05) is 19.1 Å². The lowest BCUT2D eigenvalue weighted by Crippen LogP contribution is -2.42. The third kappa shape index (κ3) is 4.62. The van der Waals surface area contributed by atoms with E-state index >= 15 is 0 Å². The number of nitrogens with one attached hydrogen (secondary N) is 1. The summed E-state index contributed by atoms with van der Waals surface area (Å²) < 4.78 is 6.02. The minimum atomic E-state index is -0.174. The molecule has 3 unspecified atom stereocenters. The van der Waals surface area contributed by atoms with E-state index in [1.54, 1.807) is 0 Å². The van der Waals surface area contributed by atoms with Gasteiger partial charge >= 0.3 is 0 Å². The third-order valence-electron chi connectivity index (χ3n) is 6.27. The van der Waals surface area contributed by atoms with Gasteiger partial charge in [-0.2, -0.15) is 0 Å². The van der Waals surface area contributed by atoms with Crippen LogP contribution in [0.2, 0.25) is 0 Å².